The molecule has 2 rings (SSSR count). The number of ether oxygens (including phenoxy) is 1. The number of amides is 1. The number of hydrogen-bond acceptors (Lipinski definition) is 5. The zero-order valence-electron chi connectivity index (χ0n) is 17.2. The summed E-state index contributed by atoms with van der Waals surface area (Å²) >= 11 is 7.48. The lowest BCUT2D eigenvalue weighted by Crippen LogP contribution is -2.46. The van der Waals surface area contributed by atoms with Crippen LogP contribution in [0.1, 0.15) is 39.9 Å². The molecular formula is C20H29ClN4O2S. The minimum atomic E-state index is -0.975. The van der Waals surface area contributed by atoms with Crippen molar-refractivity contribution in [2.45, 2.75) is 57.8 Å². The molecule has 0 aliphatic carbocycles. The van der Waals surface area contributed by atoms with Gasteiger partial charge in [-0.15, -0.1) is 10.2 Å². The van der Waals surface area contributed by atoms with Crippen LogP contribution in [0.25, 0.3) is 0 Å². The van der Waals surface area contributed by atoms with Crippen molar-refractivity contribution in [3.05, 3.63) is 35.1 Å². The number of hydrogen-bond donors (Lipinski definition) is 1. The van der Waals surface area contributed by atoms with Crippen LogP contribution in [0.15, 0.2) is 29.4 Å². The second-order valence-electron chi connectivity index (χ2n) is 7.53. The molecule has 0 unspecified atom stereocenters. The van der Waals surface area contributed by atoms with E-state index in [4.69, 9.17) is 16.3 Å². The highest BCUT2D eigenvalue weighted by Crippen LogP contribution is 2.21. The van der Waals surface area contributed by atoms with Crippen LogP contribution in [0.5, 0.6) is 5.75 Å². The van der Waals surface area contributed by atoms with Crippen LogP contribution in [-0.4, -0.2) is 39.1 Å². The van der Waals surface area contributed by atoms with Crippen molar-refractivity contribution in [3.63, 3.8) is 0 Å². The third kappa shape index (κ3) is 6.41. The number of rotatable bonds is 10. The first-order valence-corrected chi connectivity index (χ1v) is 11.0. The predicted molar refractivity (Wildman–Crippen MR) is 114 cm³/mol. The average Bonchev–Trinajstić information content (AvgIpc) is 3.01. The van der Waals surface area contributed by atoms with E-state index in [1.807, 2.05) is 6.26 Å². The SMILES string of the molecule is CSc1nnc(CCCNC(=O)C(C)(C)Oc2ccc(Cl)cc2)n1CC(C)C. The number of carbonyl (C=O) groups is 1. The molecule has 1 N–H and O–H groups in total. The van der Waals surface area contributed by atoms with Crippen LogP contribution >= 0.6 is 23.4 Å². The van der Waals surface area contributed by atoms with E-state index in [2.05, 4.69) is 33.9 Å². The number of benzene rings is 1. The second kappa shape index (κ2) is 10.2. The number of nitrogens with one attached hydrogen (secondary N) is 1. The van der Waals surface area contributed by atoms with Gasteiger partial charge in [0.1, 0.15) is 11.6 Å². The van der Waals surface area contributed by atoms with Crippen molar-refractivity contribution in [1.82, 2.24) is 20.1 Å². The molecule has 6 nitrogen and oxygen atoms in total. The summed E-state index contributed by atoms with van der Waals surface area (Å²) in [4.78, 5) is 12.5. The molecule has 1 heterocycles. The summed E-state index contributed by atoms with van der Waals surface area (Å²) in [5.74, 6) is 1.93. The Bertz CT molecular complexity index is 775. The van der Waals surface area contributed by atoms with Gasteiger partial charge in [-0.1, -0.05) is 37.2 Å². The summed E-state index contributed by atoms with van der Waals surface area (Å²) in [5.41, 5.74) is -0.975. The van der Waals surface area contributed by atoms with E-state index >= 15 is 0 Å². The maximum atomic E-state index is 12.5. The highest BCUT2D eigenvalue weighted by Gasteiger charge is 2.29. The minimum absolute atomic E-state index is 0.157. The van der Waals surface area contributed by atoms with Gasteiger partial charge in [0.25, 0.3) is 5.91 Å². The minimum Gasteiger partial charge on any atom is -0.478 e. The lowest BCUT2D eigenvalue weighted by Gasteiger charge is -2.25. The molecule has 0 bridgehead atoms. The largest absolute Gasteiger partial charge is 0.478 e. The quantitative estimate of drug-likeness (QED) is 0.457. The number of nitrogens with zero attached hydrogens (tertiary/aromatic N) is 3. The average molecular weight is 425 g/mol. The fourth-order valence-electron chi connectivity index (χ4n) is 2.71. The zero-order valence-corrected chi connectivity index (χ0v) is 18.7. The summed E-state index contributed by atoms with van der Waals surface area (Å²) in [6.07, 6.45) is 3.56. The predicted octanol–water partition coefficient (Wildman–Crippen LogP) is 4.22. The van der Waals surface area contributed by atoms with Crippen molar-refractivity contribution >= 4 is 29.3 Å². The molecule has 0 aliphatic rings. The maximum absolute atomic E-state index is 12.5. The monoisotopic (exact) mass is 424 g/mol. The molecule has 0 fully saturated rings. The summed E-state index contributed by atoms with van der Waals surface area (Å²) < 4.78 is 7.99. The normalized spacial score (nSPS) is 11.7. The fourth-order valence-corrected chi connectivity index (χ4v) is 3.36. The Morgan fingerprint density at radius 2 is 1.96 bits per heavy atom. The molecule has 154 valence electrons. The van der Waals surface area contributed by atoms with Gasteiger partial charge in [-0.05, 0) is 56.7 Å². The van der Waals surface area contributed by atoms with Gasteiger partial charge in [0.2, 0.25) is 0 Å². The molecule has 8 heteroatoms. The van der Waals surface area contributed by atoms with Gasteiger partial charge in [0, 0.05) is 24.5 Å². The van der Waals surface area contributed by atoms with E-state index in [1.165, 1.54) is 0 Å². The van der Waals surface area contributed by atoms with Crippen LogP contribution in [0.4, 0.5) is 0 Å². The van der Waals surface area contributed by atoms with Gasteiger partial charge in [-0.25, -0.2) is 0 Å². The smallest absolute Gasteiger partial charge is 0.263 e. The molecule has 1 aromatic heterocycles. The van der Waals surface area contributed by atoms with Crippen LogP contribution < -0.4 is 10.1 Å². The Morgan fingerprint density at radius 1 is 1.29 bits per heavy atom. The fraction of sp³-hybridized carbons (Fsp3) is 0.550. The van der Waals surface area contributed by atoms with Gasteiger partial charge in [0.15, 0.2) is 10.8 Å². The lowest BCUT2D eigenvalue weighted by atomic mass is 10.1. The maximum Gasteiger partial charge on any atom is 0.263 e. The summed E-state index contributed by atoms with van der Waals surface area (Å²) in [7, 11) is 0. The summed E-state index contributed by atoms with van der Waals surface area (Å²) in [6, 6.07) is 6.98. The summed E-state index contributed by atoms with van der Waals surface area (Å²) in [5, 5.41) is 13.1. The molecule has 28 heavy (non-hydrogen) atoms. The van der Waals surface area contributed by atoms with Crippen LogP contribution in [0.3, 0.4) is 0 Å². The molecule has 1 amide bonds. The van der Waals surface area contributed by atoms with Gasteiger partial charge >= 0.3 is 0 Å². The van der Waals surface area contributed by atoms with Crippen molar-refractivity contribution in [3.8, 4) is 5.75 Å². The van der Waals surface area contributed by atoms with Gasteiger partial charge in [-0.3, -0.25) is 4.79 Å². The first-order valence-electron chi connectivity index (χ1n) is 9.42. The Labute approximate surface area is 176 Å². The van der Waals surface area contributed by atoms with Gasteiger partial charge < -0.3 is 14.6 Å². The van der Waals surface area contributed by atoms with Crippen molar-refractivity contribution in [2.75, 3.05) is 12.8 Å². The van der Waals surface area contributed by atoms with E-state index in [0.29, 0.717) is 23.2 Å². The molecule has 0 saturated carbocycles. The Balaban J connectivity index is 1.85. The Kier molecular flexibility index (Phi) is 8.19. The molecule has 2 aromatic rings. The molecule has 0 atom stereocenters. The van der Waals surface area contributed by atoms with E-state index in [1.54, 1.807) is 49.9 Å². The third-order valence-electron chi connectivity index (χ3n) is 4.12. The van der Waals surface area contributed by atoms with Crippen LogP contribution in [0.2, 0.25) is 5.02 Å². The Morgan fingerprint density at radius 3 is 2.57 bits per heavy atom. The highest BCUT2D eigenvalue weighted by molar-refractivity contribution is 7.98. The van der Waals surface area contributed by atoms with Gasteiger partial charge in [0.05, 0.1) is 0 Å². The van der Waals surface area contributed by atoms with Crippen molar-refractivity contribution in [1.29, 1.82) is 0 Å². The topological polar surface area (TPSA) is 69.0 Å². The molecule has 0 radical (unpaired) electrons. The van der Waals surface area contributed by atoms with Gasteiger partial charge in [-0.2, -0.15) is 0 Å². The standard InChI is InChI=1S/C20H29ClN4O2S/c1-14(2)13-25-17(23-24-19(25)28-5)7-6-12-22-18(26)20(3,4)27-16-10-8-15(21)9-11-16/h8-11,14H,6-7,12-13H2,1-5H3,(H,22,26). The first-order chi connectivity index (χ1) is 13.2. The van der Waals surface area contributed by atoms with E-state index < -0.39 is 5.60 Å². The third-order valence-corrected chi connectivity index (χ3v) is 5.04. The molecule has 1 aromatic carbocycles. The molecule has 0 saturated heterocycles. The zero-order chi connectivity index (χ0) is 20.7. The second-order valence-corrected chi connectivity index (χ2v) is 8.74. The number of thioether (sulfide) groups is 1. The van der Waals surface area contributed by atoms with E-state index in [-0.39, 0.29) is 5.91 Å². The van der Waals surface area contributed by atoms with Crippen LogP contribution in [0, 0.1) is 5.92 Å². The van der Waals surface area contributed by atoms with E-state index in [0.717, 1.165) is 30.4 Å². The number of carbonyl (C=O) groups excluding carboxylic acids is 1. The van der Waals surface area contributed by atoms with Crippen molar-refractivity contribution < 1.29 is 9.53 Å². The first kappa shape index (κ1) is 22.6. The molecule has 0 spiro atoms. The number of aromatic nitrogens is 3. The highest BCUT2D eigenvalue weighted by atomic mass is 35.5. The summed E-state index contributed by atoms with van der Waals surface area (Å²) in [6.45, 7) is 9.30. The number of halogens is 1. The number of aryl methyl sites for hydroxylation is 1. The lowest BCUT2D eigenvalue weighted by molar-refractivity contribution is -0.134. The molecule has 0 aliphatic heterocycles. The molecular weight excluding hydrogens is 396 g/mol. The van der Waals surface area contributed by atoms with E-state index in [9.17, 15) is 4.79 Å². The Hall–Kier alpha value is -1.73. The van der Waals surface area contributed by atoms with Crippen molar-refractivity contribution in [2.24, 2.45) is 5.92 Å². The van der Waals surface area contributed by atoms with Crippen LogP contribution in [-0.2, 0) is 17.8 Å².